The highest BCUT2D eigenvalue weighted by molar-refractivity contribution is 5.74. The summed E-state index contributed by atoms with van der Waals surface area (Å²) in [6.07, 6.45) is 0.762. The molecule has 0 bridgehead atoms. The smallest absolute Gasteiger partial charge is 0.315 e. The quantitative estimate of drug-likeness (QED) is 0.596. The molecule has 0 aliphatic rings. The van der Waals surface area contributed by atoms with E-state index in [1.54, 1.807) is 0 Å². The van der Waals surface area contributed by atoms with E-state index >= 15 is 0 Å². The molecule has 22 heavy (non-hydrogen) atoms. The molecule has 0 saturated heterocycles. The predicted molar refractivity (Wildman–Crippen MR) is 90.9 cm³/mol. The van der Waals surface area contributed by atoms with Gasteiger partial charge in [0.25, 0.3) is 0 Å². The molecule has 0 aliphatic heterocycles. The first-order chi connectivity index (χ1) is 10.4. The van der Waals surface area contributed by atoms with Crippen molar-refractivity contribution in [3.63, 3.8) is 0 Å². The number of anilines is 1. The molecule has 0 aromatic heterocycles. The summed E-state index contributed by atoms with van der Waals surface area (Å²) in [6, 6.07) is 7.90. The molecule has 2 amide bonds. The molecule has 5 heteroatoms. The first-order valence-corrected chi connectivity index (χ1v) is 7.91. The standard InChI is InChI=1S/C17H29N3O2/c1-12(2)8-16(11-21)20-17(22)18-10-14-6-5-7-15(9-14)19-13(3)4/h5-7,9,12-13,16,19,21H,8,10-11H2,1-4H3,(H2,18,20,22). The second-order valence-electron chi connectivity index (χ2n) is 6.34. The third kappa shape index (κ3) is 7.31. The van der Waals surface area contributed by atoms with Crippen LogP contribution in [0.2, 0.25) is 0 Å². The summed E-state index contributed by atoms with van der Waals surface area (Å²) in [5, 5.41) is 18.2. The Balaban J connectivity index is 2.46. The van der Waals surface area contributed by atoms with Crippen molar-refractivity contribution in [2.45, 2.75) is 52.7 Å². The van der Waals surface area contributed by atoms with E-state index in [0.29, 0.717) is 18.5 Å². The third-order valence-corrected chi connectivity index (χ3v) is 3.15. The number of benzene rings is 1. The molecule has 0 aliphatic carbocycles. The highest BCUT2D eigenvalue weighted by Crippen LogP contribution is 2.11. The Morgan fingerprint density at radius 3 is 2.55 bits per heavy atom. The summed E-state index contributed by atoms with van der Waals surface area (Å²) >= 11 is 0. The number of amides is 2. The lowest BCUT2D eigenvalue weighted by atomic mass is 10.0. The van der Waals surface area contributed by atoms with E-state index in [9.17, 15) is 9.90 Å². The number of rotatable bonds is 8. The Labute approximate surface area is 133 Å². The fourth-order valence-electron chi connectivity index (χ4n) is 2.27. The highest BCUT2D eigenvalue weighted by atomic mass is 16.3. The average Bonchev–Trinajstić information content (AvgIpc) is 2.43. The molecule has 5 nitrogen and oxygen atoms in total. The van der Waals surface area contributed by atoms with Crippen LogP contribution in [0.5, 0.6) is 0 Å². The molecular formula is C17H29N3O2. The van der Waals surface area contributed by atoms with Gasteiger partial charge in [0.15, 0.2) is 0 Å². The van der Waals surface area contributed by atoms with Gasteiger partial charge in [0.1, 0.15) is 0 Å². The van der Waals surface area contributed by atoms with Crippen LogP contribution in [0.3, 0.4) is 0 Å². The second kappa shape index (κ2) is 9.30. The number of hydrogen-bond donors (Lipinski definition) is 4. The Hall–Kier alpha value is -1.75. The number of nitrogens with one attached hydrogen (secondary N) is 3. The van der Waals surface area contributed by atoms with Gasteiger partial charge in [0.2, 0.25) is 0 Å². The SMILES string of the molecule is CC(C)CC(CO)NC(=O)NCc1cccc(NC(C)C)c1. The van der Waals surface area contributed by atoms with Crippen LogP contribution in [-0.2, 0) is 6.54 Å². The van der Waals surface area contributed by atoms with E-state index in [2.05, 4.69) is 43.6 Å². The van der Waals surface area contributed by atoms with Gasteiger partial charge in [-0.05, 0) is 43.9 Å². The molecule has 1 atom stereocenters. The van der Waals surface area contributed by atoms with E-state index in [1.165, 1.54) is 0 Å². The maximum Gasteiger partial charge on any atom is 0.315 e. The summed E-state index contributed by atoms with van der Waals surface area (Å²) in [7, 11) is 0. The minimum absolute atomic E-state index is 0.0423. The van der Waals surface area contributed by atoms with E-state index in [4.69, 9.17) is 0 Å². The maximum absolute atomic E-state index is 11.9. The van der Waals surface area contributed by atoms with E-state index in [0.717, 1.165) is 17.7 Å². The van der Waals surface area contributed by atoms with E-state index in [1.807, 2.05) is 24.3 Å². The number of hydrogen-bond acceptors (Lipinski definition) is 3. The Kier molecular flexibility index (Phi) is 7.74. The minimum atomic E-state index is -0.248. The number of aliphatic hydroxyl groups is 1. The minimum Gasteiger partial charge on any atom is -0.394 e. The molecule has 4 N–H and O–H groups in total. The van der Waals surface area contributed by atoms with Crippen LogP contribution < -0.4 is 16.0 Å². The number of carbonyl (C=O) groups excluding carboxylic acids is 1. The molecule has 0 saturated carbocycles. The molecule has 0 fully saturated rings. The van der Waals surface area contributed by atoms with Crippen molar-refractivity contribution in [3.8, 4) is 0 Å². The van der Waals surface area contributed by atoms with Crippen molar-refractivity contribution in [1.82, 2.24) is 10.6 Å². The second-order valence-corrected chi connectivity index (χ2v) is 6.34. The van der Waals surface area contributed by atoms with Gasteiger partial charge in [-0.15, -0.1) is 0 Å². The lowest BCUT2D eigenvalue weighted by Crippen LogP contribution is -2.44. The van der Waals surface area contributed by atoms with Crippen LogP contribution in [0.1, 0.15) is 39.7 Å². The largest absolute Gasteiger partial charge is 0.394 e. The van der Waals surface area contributed by atoms with Gasteiger partial charge in [-0.25, -0.2) is 4.79 Å². The molecule has 0 heterocycles. The van der Waals surface area contributed by atoms with Gasteiger partial charge in [-0.3, -0.25) is 0 Å². The van der Waals surface area contributed by atoms with Gasteiger partial charge >= 0.3 is 6.03 Å². The van der Waals surface area contributed by atoms with Crippen LogP contribution >= 0.6 is 0 Å². The van der Waals surface area contributed by atoms with Gasteiger partial charge in [-0.1, -0.05) is 26.0 Å². The van der Waals surface area contributed by atoms with Crippen LogP contribution in [-0.4, -0.2) is 29.8 Å². The molecule has 1 aromatic carbocycles. The third-order valence-electron chi connectivity index (χ3n) is 3.15. The molecule has 0 spiro atoms. The lowest BCUT2D eigenvalue weighted by Gasteiger charge is -2.18. The van der Waals surface area contributed by atoms with Crippen molar-refractivity contribution in [3.05, 3.63) is 29.8 Å². The number of carbonyl (C=O) groups is 1. The molecule has 1 rings (SSSR count). The zero-order valence-electron chi connectivity index (χ0n) is 14.0. The number of aliphatic hydroxyl groups excluding tert-OH is 1. The topological polar surface area (TPSA) is 73.4 Å². The molecular weight excluding hydrogens is 278 g/mol. The Morgan fingerprint density at radius 1 is 1.23 bits per heavy atom. The molecule has 124 valence electrons. The van der Waals surface area contributed by atoms with Gasteiger partial charge in [-0.2, -0.15) is 0 Å². The zero-order valence-corrected chi connectivity index (χ0v) is 14.0. The van der Waals surface area contributed by atoms with Gasteiger partial charge < -0.3 is 21.1 Å². The highest BCUT2D eigenvalue weighted by Gasteiger charge is 2.12. The van der Waals surface area contributed by atoms with Crippen molar-refractivity contribution in [2.24, 2.45) is 5.92 Å². The number of urea groups is 1. The predicted octanol–water partition coefficient (Wildman–Crippen LogP) is 2.71. The van der Waals surface area contributed by atoms with Crippen molar-refractivity contribution in [1.29, 1.82) is 0 Å². The summed E-state index contributed by atoms with van der Waals surface area (Å²) in [4.78, 5) is 11.9. The Bertz CT molecular complexity index is 461. The lowest BCUT2D eigenvalue weighted by molar-refractivity contribution is 0.206. The van der Waals surface area contributed by atoms with Crippen LogP contribution in [0.25, 0.3) is 0 Å². The first-order valence-electron chi connectivity index (χ1n) is 7.91. The molecule has 0 radical (unpaired) electrons. The van der Waals surface area contributed by atoms with Crippen LogP contribution in [0.15, 0.2) is 24.3 Å². The fraction of sp³-hybridized carbons (Fsp3) is 0.588. The van der Waals surface area contributed by atoms with Crippen molar-refractivity contribution < 1.29 is 9.90 Å². The molecule has 1 unspecified atom stereocenters. The maximum atomic E-state index is 11.9. The fourth-order valence-corrected chi connectivity index (χ4v) is 2.27. The zero-order chi connectivity index (χ0) is 16.5. The van der Waals surface area contributed by atoms with Crippen LogP contribution in [0.4, 0.5) is 10.5 Å². The summed E-state index contributed by atoms with van der Waals surface area (Å²) < 4.78 is 0. The average molecular weight is 307 g/mol. The van der Waals surface area contributed by atoms with Crippen molar-refractivity contribution >= 4 is 11.7 Å². The van der Waals surface area contributed by atoms with Crippen molar-refractivity contribution in [2.75, 3.05) is 11.9 Å². The summed E-state index contributed by atoms with van der Waals surface area (Å²) in [5.74, 6) is 0.427. The summed E-state index contributed by atoms with van der Waals surface area (Å²) in [6.45, 7) is 8.72. The normalized spacial score (nSPS) is 12.3. The van der Waals surface area contributed by atoms with E-state index in [-0.39, 0.29) is 18.7 Å². The van der Waals surface area contributed by atoms with Crippen LogP contribution in [0, 0.1) is 5.92 Å². The van der Waals surface area contributed by atoms with E-state index < -0.39 is 0 Å². The van der Waals surface area contributed by atoms with Gasteiger partial charge in [0.05, 0.1) is 12.6 Å². The Morgan fingerprint density at radius 2 is 1.95 bits per heavy atom. The first kappa shape index (κ1) is 18.3. The molecule has 1 aromatic rings. The monoisotopic (exact) mass is 307 g/mol. The van der Waals surface area contributed by atoms with Gasteiger partial charge in [0, 0.05) is 18.3 Å². The summed E-state index contributed by atoms with van der Waals surface area (Å²) in [5.41, 5.74) is 2.08.